The SMILES string of the molecule is CC(=O)C1CN(c2cc([N+](=O)[O-])ccc2F)C(=O)O1. The fourth-order valence-electron chi connectivity index (χ4n) is 1.69. The van der Waals surface area contributed by atoms with Crippen molar-refractivity contribution in [2.75, 3.05) is 11.4 Å². The number of amides is 1. The highest BCUT2D eigenvalue weighted by molar-refractivity contribution is 5.95. The van der Waals surface area contributed by atoms with E-state index in [1.165, 1.54) is 6.92 Å². The molecular weight excluding hydrogens is 259 g/mol. The molecule has 1 unspecified atom stereocenters. The van der Waals surface area contributed by atoms with E-state index in [-0.39, 0.29) is 23.7 Å². The van der Waals surface area contributed by atoms with Gasteiger partial charge in [-0.25, -0.2) is 9.18 Å². The van der Waals surface area contributed by atoms with E-state index in [2.05, 4.69) is 0 Å². The lowest BCUT2D eigenvalue weighted by atomic mass is 10.2. The van der Waals surface area contributed by atoms with Crippen molar-refractivity contribution >= 4 is 23.3 Å². The molecule has 0 saturated carbocycles. The number of nitro benzene ring substituents is 1. The quantitative estimate of drug-likeness (QED) is 0.614. The van der Waals surface area contributed by atoms with Gasteiger partial charge in [0.15, 0.2) is 11.9 Å². The molecular formula is C11H9FN2O5. The molecule has 1 saturated heterocycles. The Morgan fingerprint density at radius 3 is 2.79 bits per heavy atom. The number of nitrogens with zero attached hydrogens (tertiary/aromatic N) is 2. The second-order valence-corrected chi connectivity index (χ2v) is 3.99. The van der Waals surface area contributed by atoms with Crippen LogP contribution in [0.15, 0.2) is 18.2 Å². The molecule has 1 amide bonds. The Morgan fingerprint density at radius 1 is 1.58 bits per heavy atom. The summed E-state index contributed by atoms with van der Waals surface area (Å²) in [5.41, 5.74) is -0.626. The zero-order valence-electron chi connectivity index (χ0n) is 9.83. The fraction of sp³-hybridized carbons (Fsp3) is 0.273. The molecule has 0 radical (unpaired) electrons. The van der Waals surface area contributed by atoms with Gasteiger partial charge in [-0.05, 0) is 13.0 Å². The van der Waals surface area contributed by atoms with Gasteiger partial charge in [-0.2, -0.15) is 0 Å². The first-order valence-electron chi connectivity index (χ1n) is 5.32. The molecule has 0 spiro atoms. The zero-order chi connectivity index (χ0) is 14.2. The van der Waals surface area contributed by atoms with E-state index in [1.54, 1.807) is 0 Å². The van der Waals surface area contributed by atoms with Gasteiger partial charge in [0.25, 0.3) is 5.69 Å². The number of carbonyl (C=O) groups excluding carboxylic acids is 2. The van der Waals surface area contributed by atoms with E-state index in [1.807, 2.05) is 0 Å². The standard InChI is InChI=1S/C11H9FN2O5/c1-6(15)10-5-13(11(16)19-10)9-4-7(14(17)18)2-3-8(9)12/h2-4,10H,5H2,1H3. The van der Waals surface area contributed by atoms with Crippen LogP contribution in [0.25, 0.3) is 0 Å². The Bertz CT molecular complexity index is 574. The molecule has 1 aliphatic rings. The van der Waals surface area contributed by atoms with Crippen LogP contribution in [0.2, 0.25) is 0 Å². The number of halogens is 1. The molecule has 2 rings (SSSR count). The average Bonchev–Trinajstić information content (AvgIpc) is 2.72. The molecule has 1 heterocycles. The van der Waals surface area contributed by atoms with Crippen molar-refractivity contribution in [3.05, 3.63) is 34.1 Å². The molecule has 1 aliphatic heterocycles. The molecule has 1 aromatic carbocycles. The first kappa shape index (κ1) is 12.9. The third-order valence-electron chi connectivity index (χ3n) is 2.70. The number of ether oxygens (including phenoxy) is 1. The maximum Gasteiger partial charge on any atom is 0.415 e. The van der Waals surface area contributed by atoms with Crippen LogP contribution in [0.5, 0.6) is 0 Å². The van der Waals surface area contributed by atoms with E-state index in [0.29, 0.717) is 0 Å². The van der Waals surface area contributed by atoms with Gasteiger partial charge in [-0.3, -0.25) is 19.8 Å². The number of ketones is 1. The molecule has 7 nitrogen and oxygen atoms in total. The number of anilines is 1. The number of hydrogen-bond acceptors (Lipinski definition) is 5. The largest absolute Gasteiger partial charge is 0.436 e. The van der Waals surface area contributed by atoms with Gasteiger partial charge in [-0.15, -0.1) is 0 Å². The summed E-state index contributed by atoms with van der Waals surface area (Å²) in [6.07, 6.45) is -1.88. The van der Waals surface area contributed by atoms with Gasteiger partial charge in [-0.1, -0.05) is 0 Å². The first-order valence-corrected chi connectivity index (χ1v) is 5.32. The summed E-state index contributed by atoms with van der Waals surface area (Å²) in [6.45, 7) is 1.08. The average molecular weight is 268 g/mol. The molecule has 1 aromatic rings. The number of hydrogen-bond donors (Lipinski definition) is 0. The van der Waals surface area contributed by atoms with Crippen LogP contribution in [-0.2, 0) is 9.53 Å². The molecule has 1 atom stereocenters. The van der Waals surface area contributed by atoms with Crippen molar-refractivity contribution in [3.63, 3.8) is 0 Å². The van der Waals surface area contributed by atoms with E-state index in [4.69, 9.17) is 4.74 Å². The summed E-state index contributed by atoms with van der Waals surface area (Å²) in [6, 6.07) is 2.81. The first-order chi connectivity index (χ1) is 8.90. The van der Waals surface area contributed by atoms with Crippen molar-refractivity contribution in [1.82, 2.24) is 0 Å². The van der Waals surface area contributed by atoms with Crippen molar-refractivity contribution in [3.8, 4) is 0 Å². The third kappa shape index (κ3) is 2.37. The Balaban J connectivity index is 2.36. The molecule has 8 heteroatoms. The Morgan fingerprint density at radius 2 is 2.26 bits per heavy atom. The number of nitro groups is 1. The summed E-state index contributed by atoms with van der Waals surface area (Å²) >= 11 is 0. The molecule has 0 aromatic heterocycles. The van der Waals surface area contributed by atoms with Gasteiger partial charge in [0.05, 0.1) is 17.2 Å². The number of non-ortho nitro benzene ring substituents is 1. The van der Waals surface area contributed by atoms with Gasteiger partial charge in [0.2, 0.25) is 0 Å². The van der Waals surface area contributed by atoms with E-state index >= 15 is 0 Å². The Kier molecular flexibility index (Phi) is 3.16. The van der Waals surface area contributed by atoms with Crippen molar-refractivity contribution in [2.24, 2.45) is 0 Å². The monoisotopic (exact) mass is 268 g/mol. The lowest BCUT2D eigenvalue weighted by Crippen LogP contribution is -2.27. The van der Waals surface area contributed by atoms with Gasteiger partial charge < -0.3 is 4.74 Å². The highest BCUT2D eigenvalue weighted by atomic mass is 19.1. The number of benzene rings is 1. The van der Waals surface area contributed by atoms with Crippen LogP contribution in [0.1, 0.15) is 6.92 Å². The van der Waals surface area contributed by atoms with Crippen molar-refractivity contribution < 1.29 is 23.6 Å². The van der Waals surface area contributed by atoms with Crippen LogP contribution in [0.3, 0.4) is 0 Å². The van der Waals surface area contributed by atoms with Gasteiger partial charge in [0.1, 0.15) is 5.82 Å². The van der Waals surface area contributed by atoms with Gasteiger partial charge >= 0.3 is 6.09 Å². The lowest BCUT2D eigenvalue weighted by Gasteiger charge is -2.13. The highest BCUT2D eigenvalue weighted by Gasteiger charge is 2.36. The van der Waals surface area contributed by atoms with Crippen LogP contribution in [-0.4, -0.2) is 29.4 Å². The van der Waals surface area contributed by atoms with Crippen LogP contribution in [0, 0.1) is 15.9 Å². The number of cyclic esters (lactones) is 1. The zero-order valence-corrected chi connectivity index (χ0v) is 9.83. The maximum absolute atomic E-state index is 13.6. The summed E-state index contributed by atoms with van der Waals surface area (Å²) in [5, 5.41) is 10.6. The second-order valence-electron chi connectivity index (χ2n) is 3.99. The maximum atomic E-state index is 13.6. The fourth-order valence-corrected chi connectivity index (χ4v) is 1.69. The summed E-state index contributed by atoms with van der Waals surface area (Å²) in [7, 11) is 0. The second kappa shape index (κ2) is 4.63. The minimum absolute atomic E-state index is 0.160. The highest BCUT2D eigenvalue weighted by Crippen LogP contribution is 2.28. The number of Topliss-reactive ketones (excluding diaryl/α,β-unsaturated/α-hetero) is 1. The molecule has 100 valence electrons. The molecule has 1 fully saturated rings. The van der Waals surface area contributed by atoms with Gasteiger partial charge in [0, 0.05) is 12.1 Å². The number of rotatable bonds is 3. The van der Waals surface area contributed by atoms with Crippen LogP contribution < -0.4 is 4.90 Å². The smallest absolute Gasteiger partial charge is 0.415 e. The topological polar surface area (TPSA) is 89.8 Å². The van der Waals surface area contributed by atoms with Crippen LogP contribution in [0.4, 0.5) is 20.6 Å². The molecule has 19 heavy (non-hydrogen) atoms. The van der Waals surface area contributed by atoms with Crippen molar-refractivity contribution in [1.29, 1.82) is 0 Å². The predicted octanol–water partition coefficient (Wildman–Crippen LogP) is 1.65. The van der Waals surface area contributed by atoms with Crippen LogP contribution >= 0.6 is 0 Å². The molecule has 0 bridgehead atoms. The summed E-state index contributed by atoms with van der Waals surface area (Å²) < 4.78 is 18.4. The van der Waals surface area contributed by atoms with E-state index in [9.17, 15) is 24.1 Å². The Hall–Kier alpha value is -2.51. The predicted molar refractivity (Wildman–Crippen MR) is 61.4 cm³/mol. The summed E-state index contributed by atoms with van der Waals surface area (Å²) in [4.78, 5) is 33.5. The minimum Gasteiger partial charge on any atom is -0.436 e. The Labute approximate surface area is 106 Å². The minimum atomic E-state index is -0.980. The third-order valence-corrected chi connectivity index (χ3v) is 2.70. The molecule has 0 aliphatic carbocycles. The summed E-state index contributed by atoms with van der Waals surface area (Å²) in [5.74, 6) is -1.17. The van der Waals surface area contributed by atoms with Crippen molar-refractivity contribution in [2.45, 2.75) is 13.0 Å². The molecule has 0 N–H and O–H groups in total. The number of carbonyl (C=O) groups is 2. The normalized spacial score (nSPS) is 18.3. The van der Waals surface area contributed by atoms with E-state index in [0.717, 1.165) is 23.1 Å². The lowest BCUT2D eigenvalue weighted by molar-refractivity contribution is -0.384. The van der Waals surface area contributed by atoms with E-state index < -0.39 is 22.9 Å².